The highest BCUT2D eigenvalue weighted by molar-refractivity contribution is 5.79. The molecule has 0 radical (unpaired) electrons. The number of nitrogens with zero attached hydrogens (tertiary/aromatic N) is 1. The number of carbonyl (C=O) groups excluding carboxylic acids is 2. The third-order valence-corrected chi connectivity index (χ3v) is 3.04. The lowest BCUT2D eigenvalue weighted by Gasteiger charge is -2.18. The van der Waals surface area contributed by atoms with Crippen LogP contribution in [0.25, 0.3) is 0 Å². The molecule has 4 nitrogen and oxygen atoms in total. The third kappa shape index (κ3) is 2.27. The van der Waals surface area contributed by atoms with Crippen molar-refractivity contribution in [3.63, 3.8) is 0 Å². The topological polar surface area (TPSA) is 63.4 Å². The van der Waals surface area contributed by atoms with E-state index in [1.54, 1.807) is 17.0 Å². The van der Waals surface area contributed by atoms with E-state index in [0.717, 1.165) is 0 Å². The van der Waals surface area contributed by atoms with Crippen LogP contribution in [0.15, 0.2) is 18.2 Å². The van der Waals surface area contributed by atoms with Crippen LogP contribution in [0.5, 0.6) is 0 Å². The first-order valence-corrected chi connectivity index (χ1v) is 5.41. The lowest BCUT2D eigenvalue weighted by molar-refractivity contribution is -0.121. The van der Waals surface area contributed by atoms with Gasteiger partial charge in [0.1, 0.15) is 12.1 Å². The Morgan fingerprint density at radius 1 is 1.53 bits per heavy atom. The Morgan fingerprint density at radius 2 is 2.29 bits per heavy atom. The monoisotopic (exact) mass is 236 g/mol. The van der Waals surface area contributed by atoms with Gasteiger partial charge in [-0.15, -0.1) is 0 Å². The summed E-state index contributed by atoms with van der Waals surface area (Å²) in [5.74, 6) is -1.02. The van der Waals surface area contributed by atoms with Crippen LogP contribution >= 0.6 is 0 Å². The number of anilines is 1. The summed E-state index contributed by atoms with van der Waals surface area (Å²) in [7, 11) is 0. The molecule has 1 aromatic carbocycles. The largest absolute Gasteiger partial charge is 0.369 e. The number of aldehydes is 1. The average molecular weight is 236 g/mol. The molecule has 2 rings (SSSR count). The zero-order valence-electron chi connectivity index (χ0n) is 9.23. The van der Waals surface area contributed by atoms with E-state index in [1.807, 2.05) is 0 Å². The quantitative estimate of drug-likeness (QED) is 0.795. The summed E-state index contributed by atoms with van der Waals surface area (Å²) in [5, 5.41) is 0. The molecule has 1 aliphatic heterocycles. The highest BCUT2D eigenvalue weighted by Crippen LogP contribution is 2.26. The molecule has 1 amide bonds. The first kappa shape index (κ1) is 11.6. The van der Waals surface area contributed by atoms with Gasteiger partial charge in [-0.25, -0.2) is 4.39 Å². The lowest BCUT2D eigenvalue weighted by Crippen LogP contribution is -2.27. The van der Waals surface area contributed by atoms with Crippen molar-refractivity contribution in [2.24, 2.45) is 11.7 Å². The standard InChI is InChI=1S/C12H13FN2O2/c13-10-5-8(7-16)1-2-11(10)15-4-3-9(6-15)12(14)17/h1-2,5,7,9H,3-4,6H2,(H2,14,17). The number of carbonyl (C=O) groups is 2. The normalized spacial score (nSPS) is 19.4. The van der Waals surface area contributed by atoms with E-state index in [1.165, 1.54) is 6.07 Å². The Kier molecular flexibility index (Phi) is 3.08. The van der Waals surface area contributed by atoms with Gasteiger partial charge < -0.3 is 10.6 Å². The third-order valence-electron chi connectivity index (χ3n) is 3.04. The van der Waals surface area contributed by atoms with Crippen molar-refractivity contribution < 1.29 is 14.0 Å². The molecular formula is C12H13FN2O2. The number of nitrogens with two attached hydrogens (primary N) is 1. The van der Waals surface area contributed by atoms with E-state index in [-0.39, 0.29) is 11.8 Å². The molecule has 17 heavy (non-hydrogen) atoms. The van der Waals surface area contributed by atoms with Gasteiger partial charge in [0, 0.05) is 18.7 Å². The van der Waals surface area contributed by atoms with Gasteiger partial charge >= 0.3 is 0 Å². The molecule has 1 heterocycles. The number of halogens is 1. The molecule has 1 aromatic rings. The van der Waals surface area contributed by atoms with Gasteiger partial charge in [-0.2, -0.15) is 0 Å². The number of rotatable bonds is 3. The SMILES string of the molecule is NC(=O)C1CCN(c2ccc(C=O)cc2F)C1. The average Bonchev–Trinajstić information content (AvgIpc) is 2.78. The molecule has 1 unspecified atom stereocenters. The van der Waals surface area contributed by atoms with Gasteiger partial charge in [0.15, 0.2) is 0 Å². The molecule has 0 aliphatic carbocycles. The summed E-state index contributed by atoms with van der Waals surface area (Å²) in [6.07, 6.45) is 1.24. The molecule has 2 N–H and O–H groups in total. The molecule has 1 fully saturated rings. The zero-order chi connectivity index (χ0) is 12.4. The van der Waals surface area contributed by atoms with E-state index in [2.05, 4.69) is 0 Å². The van der Waals surface area contributed by atoms with Crippen LogP contribution in [0.2, 0.25) is 0 Å². The van der Waals surface area contributed by atoms with Gasteiger partial charge in [0.2, 0.25) is 5.91 Å². The molecule has 0 saturated carbocycles. The van der Waals surface area contributed by atoms with Crippen LogP contribution in [0, 0.1) is 11.7 Å². The van der Waals surface area contributed by atoms with Gasteiger partial charge in [0.25, 0.3) is 0 Å². The van der Waals surface area contributed by atoms with Crippen LogP contribution in [0.1, 0.15) is 16.8 Å². The molecule has 0 bridgehead atoms. The molecule has 1 atom stereocenters. The molecule has 1 saturated heterocycles. The van der Waals surface area contributed by atoms with Crippen molar-refractivity contribution in [1.29, 1.82) is 0 Å². The number of hydrogen-bond donors (Lipinski definition) is 1. The molecule has 5 heteroatoms. The van der Waals surface area contributed by atoms with Crippen LogP contribution in [-0.2, 0) is 4.79 Å². The summed E-state index contributed by atoms with van der Waals surface area (Å²) in [5.41, 5.74) is 5.93. The maximum atomic E-state index is 13.7. The molecule has 0 spiro atoms. The Labute approximate surface area is 98.2 Å². The summed E-state index contributed by atoms with van der Waals surface area (Å²) in [6, 6.07) is 4.31. The molecule has 1 aliphatic rings. The minimum atomic E-state index is -0.445. The van der Waals surface area contributed by atoms with E-state index >= 15 is 0 Å². The number of benzene rings is 1. The van der Waals surface area contributed by atoms with Gasteiger partial charge in [-0.1, -0.05) is 0 Å². The van der Waals surface area contributed by atoms with E-state index in [9.17, 15) is 14.0 Å². The second-order valence-corrected chi connectivity index (χ2v) is 4.16. The second kappa shape index (κ2) is 4.53. The van der Waals surface area contributed by atoms with Crippen LogP contribution in [-0.4, -0.2) is 25.3 Å². The lowest BCUT2D eigenvalue weighted by atomic mass is 10.1. The summed E-state index contributed by atoms with van der Waals surface area (Å²) < 4.78 is 13.7. The first-order chi connectivity index (χ1) is 8.11. The Bertz CT molecular complexity index is 462. The summed E-state index contributed by atoms with van der Waals surface area (Å²) >= 11 is 0. The molecule has 0 aromatic heterocycles. The Balaban J connectivity index is 2.19. The first-order valence-electron chi connectivity index (χ1n) is 5.41. The van der Waals surface area contributed by atoms with E-state index < -0.39 is 5.82 Å². The Hall–Kier alpha value is -1.91. The fourth-order valence-electron chi connectivity index (χ4n) is 2.06. The highest BCUT2D eigenvalue weighted by Gasteiger charge is 2.27. The van der Waals surface area contributed by atoms with Crippen molar-refractivity contribution in [2.75, 3.05) is 18.0 Å². The summed E-state index contributed by atoms with van der Waals surface area (Å²) in [4.78, 5) is 23.3. The van der Waals surface area contributed by atoms with Gasteiger partial charge in [0.05, 0.1) is 11.6 Å². The van der Waals surface area contributed by atoms with Gasteiger partial charge in [-0.3, -0.25) is 9.59 Å². The van der Waals surface area contributed by atoms with Gasteiger partial charge in [-0.05, 0) is 24.6 Å². The fraction of sp³-hybridized carbons (Fsp3) is 0.333. The predicted molar refractivity (Wildman–Crippen MR) is 61.3 cm³/mol. The summed E-state index contributed by atoms with van der Waals surface area (Å²) in [6.45, 7) is 1.04. The number of primary amides is 1. The van der Waals surface area contributed by atoms with Crippen molar-refractivity contribution in [3.8, 4) is 0 Å². The van der Waals surface area contributed by atoms with Crippen LogP contribution in [0.4, 0.5) is 10.1 Å². The van der Waals surface area contributed by atoms with Crippen molar-refractivity contribution in [2.45, 2.75) is 6.42 Å². The maximum absolute atomic E-state index is 13.7. The van der Waals surface area contributed by atoms with Crippen molar-refractivity contribution in [1.82, 2.24) is 0 Å². The fourth-order valence-corrected chi connectivity index (χ4v) is 2.06. The minimum absolute atomic E-state index is 0.222. The second-order valence-electron chi connectivity index (χ2n) is 4.16. The van der Waals surface area contributed by atoms with Crippen LogP contribution < -0.4 is 10.6 Å². The molecular weight excluding hydrogens is 223 g/mol. The Morgan fingerprint density at radius 3 is 2.82 bits per heavy atom. The van der Waals surface area contributed by atoms with Crippen LogP contribution in [0.3, 0.4) is 0 Å². The highest BCUT2D eigenvalue weighted by atomic mass is 19.1. The number of amides is 1. The minimum Gasteiger partial charge on any atom is -0.369 e. The van der Waals surface area contributed by atoms with Crippen molar-refractivity contribution >= 4 is 17.9 Å². The number of hydrogen-bond acceptors (Lipinski definition) is 3. The van der Waals surface area contributed by atoms with E-state index in [0.29, 0.717) is 37.0 Å². The van der Waals surface area contributed by atoms with E-state index in [4.69, 9.17) is 5.73 Å². The predicted octanol–water partition coefficient (Wildman–Crippen LogP) is 0.950. The maximum Gasteiger partial charge on any atom is 0.222 e. The van der Waals surface area contributed by atoms with Crippen molar-refractivity contribution in [3.05, 3.63) is 29.6 Å². The smallest absolute Gasteiger partial charge is 0.222 e. The molecule has 90 valence electrons. The zero-order valence-corrected chi connectivity index (χ0v) is 9.23.